The number of nitrogens with one attached hydrogen (secondary N) is 1. The molecule has 0 atom stereocenters. The normalized spacial score (nSPS) is 10.4. The summed E-state index contributed by atoms with van der Waals surface area (Å²) in [5.74, 6) is -0.358. The van der Waals surface area contributed by atoms with Crippen LogP contribution in [0.25, 0.3) is 11.1 Å². The van der Waals surface area contributed by atoms with Crippen molar-refractivity contribution in [3.8, 4) is 11.1 Å². The first-order valence-electron chi connectivity index (χ1n) is 4.72. The Balaban J connectivity index is 2.62. The number of hydrogen-bond donors (Lipinski definition) is 1. The molecule has 4 heteroatoms. The average molecular weight is 238 g/mol. The van der Waals surface area contributed by atoms with Crippen LogP contribution in [0.1, 0.15) is 5.56 Å². The Hall–Kier alpha value is -1.61. The van der Waals surface area contributed by atoms with E-state index < -0.39 is 0 Å². The number of aromatic nitrogens is 1. The Labute approximate surface area is 96.7 Å². The van der Waals surface area contributed by atoms with Crippen LogP contribution in [0.15, 0.2) is 35.3 Å². The van der Waals surface area contributed by atoms with E-state index in [2.05, 4.69) is 4.98 Å². The minimum atomic E-state index is -0.358. The third-order valence-corrected chi connectivity index (χ3v) is 2.66. The van der Waals surface area contributed by atoms with Crippen LogP contribution in [0, 0.1) is 12.7 Å². The largest absolute Gasteiger partial charge is 0.328 e. The Kier molecular flexibility index (Phi) is 2.79. The Bertz CT molecular complexity index is 592. The molecule has 0 unspecified atom stereocenters. The minimum Gasteiger partial charge on any atom is -0.328 e. The van der Waals surface area contributed by atoms with Crippen LogP contribution in [0.2, 0.25) is 5.02 Å². The second kappa shape index (κ2) is 4.10. The van der Waals surface area contributed by atoms with Gasteiger partial charge in [-0.2, -0.15) is 0 Å². The Morgan fingerprint density at radius 2 is 2.06 bits per heavy atom. The fourth-order valence-corrected chi connectivity index (χ4v) is 1.70. The summed E-state index contributed by atoms with van der Waals surface area (Å²) >= 11 is 5.96. The summed E-state index contributed by atoms with van der Waals surface area (Å²) in [6, 6.07) is 5.81. The lowest BCUT2D eigenvalue weighted by Crippen LogP contribution is -2.07. The first-order chi connectivity index (χ1) is 7.58. The molecule has 1 aromatic carbocycles. The molecule has 1 aromatic heterocycles. The molecule has 0 spiro atoms. The lowest BCUT2D eigenvalue weighted by atomic mass is 10.1. The number of hydrogen-bond acceptors (Lipinski definition) is 1. The van der Waals surface area contributed by atoms with E-state index in [1.807, 2.05) is 0 Å². The van der Waals surface area contributed by atoms with E-state index in [1.165, 1.54) is 24.4 Å². The fraction of sp³-hybridized carbons (Fsp3) is 0.0833. The highest BCUT2D eigenvalue weighted by Gasteiger charge is 2.06. The van der Waals surface area contributed by atoms with Gasteiger partial charge in [0.25, 0.3) is 5.56 Å². The highest BCUT2D eigenvalue weighted by atomic mass is 35.5. The van der Waals surface area contributed by atoms with Crippen molar-refractivity contribution in [3.05, 3.63) is 57.2 Å². The summed E-state index contributed by atoms with van der Waals surface area (Å²) in [6.45, 7) is 1.69. The van der Waals surface area contributed by atoms with Crippen LogP contribution in [0.5, 0.6) is 0 Å². The fourth-order valence-electron chi connectivity index (χ4n) is 1.47. The number of aromatic amines is 1. The molecule has 0 fully saturated rings. The maximum absolute atomic E-state index is 13.1. The van der Waals surface area contributed by atoms with Gasteiger partial charge >= 0.3 is 0 Å². The lowest BCUT2D eigenvalue weighted by molar-refractivity contribution is 0.628. The lowest BCUT2D eigenvalue weighted by Gasteiger charge is -2.05. The minimum absolute atomic E-state index is 0.156. The van der Waals surface area contributed by atoms with Gasteiger partial charge in [0.15, 0.2) is 0 Å². The average Bonchev–Trinajstić information content (AvgIpc) is 2.26. The van der Waals surface area contributed by atoms with E-state index in [0.717, 1.165) is 0 Å². The standard InChI is InChI=1S/C12H9ClFNO/c1-7-4-8(6-15-12(7)16)10-5-9(14)2-3-11(10)13/h2-6H,1H3,(H,15,16). The van der Waals surface area contributed by atoms with Crippen molar-refractivity contribution in [1.82, 2.24) is 4.98 Å². The summed E-state index contributed by atoms with van der Waals surface area (Å²) in [6.07, 6.45) is 1.52. The third kappa shape index (κ3) is 1.99. The zero-order chi connectivity index (χ0) is 11.7. The number of benzene rings is 1. The van der Waals surface area contributed by atoms with E-state index in [9.17, 15) is 9.18 Å². The van der Waals surface area contributed by atoms with Crippen LogP contribution in [0.4, 0.5) is 4.39 Å². The van der Waals surface area contributed by atoms with Gasteiger partial charge in [-0.1, -0.05) is 11.6 Å². The molecule has 0 radical (unpaired) electrons. The van der Waals surface area contributed by atoms with Crippen molar-refractivity contribution >= 4 is 11.6 Å². The van der Waals surface area contributed by atoms with Gasteiger partial charge in [-0.3, -0.25) is 4.79 Å². The van der Waals surface area contributed by atoms with E-state index in [0.29, 0.717) is 21.7 Å². The van der Waals surface area contributed by atoms with Crippen molar-refractivity contribution in [3.63, 3.8) is 0 Å². The van der Waals surface area contributed by atoms with Crippen molar-refractivity contribution in [1.29, 1.82) is 0 Å². The first-order valence-corrected chi connectivity index (χ1v) is 5.10. The second-order valence-electron chi connectivity index (χ2n) is 3.52. The van der Waals surface area contributed by atoms with Crippen molar-refractivity contribution in [2.24, 2.45) is 0 Å². The Morgan fingerprint density at radius 1 is 1.31 bits per heavy atom. The topological polar surface area (TPSA) is 32.9 Å². The van der Waals surface area contributed by atoms with E-state index in [1.54, 1.807) is 13.0 Å². The van der Waals surface area contributed by atoms with E-state index >= 15 is 0 Å². The molecule has 2 rings (SSSR count). The highest BCUT2D eigenvalue weighted by Crippen LogP contribution is 2.27. The first kappa shape index (κ1) is 10.9. The van der Waals surface area contributed by atoms with Gasteiger partial charge in [0, 0.05) is 22.3 Å². The molecule has 82 valence electrons. The van der Waals surface area contributed by atoms with E-state index in [-0.39, 0.29) is 11.4 Å². The smallest absolute Gasteiger partial charge is 0.250 e. The molecule has 0 aliphatic heterocycles. The number of halogens is 2. The molecular formula is C12H9ClFNO. The molecule has 2 aromatic rings. The van der Waals surface area contributed by atoms with Crippen LogP contribution in [-0.4, -0.2) is 4.98 Å². The predicted molar refractivity (Wildman–Crippen MR) is 62.2 cm³/mol. The van der Waals surface area contributed by atoms with Crippen molar-refractivity contribution in [2.75, 3.05) is 0 Å². The summed E-state index contributed by atoms with van der Waals surface area (Å²) < 4.78 is 13.1. The quantitative estimate of drug-likeness (QED) is 0.812. The van der Waals surface area contributed by atoms with Gasteiger partial charge in [-0.05, 0) is 36.8 Å². The van der Waals surface area contributed by atoms with Gasteiger partial charge in [0.1, 0.15) is 5.82 Å². The van der Waals surface area contributed by atoms with Gasteiger partial charge in [0.2, 0.25) is 0 Å². The second-order valence-corrected chi connectivity index (χ2v) is 3.93. The molecule has 0 aliphatic carbocycles. The van der Waals surface area contributed by atoms with Crippen LogP contribution in [0.3, 0.4) is 0 Å². The molecular weight excluding hydrogens is 229 g/mol. The number of rotatable bonds is 1. The van der Waals surface area contributed by atoms with Crippen molar-refractivity contribution in [2.45, 2.75) is 6.92 Å². The van der Waals surface area contributed by atoms with Crippen LogP contribution >= 0.6 is 11.6 Å². The molecule has 1 N–H and O–H groups in total. The SMILES string of the molecule is Cc1cc(-c2cc(F)ccc2Cl)c[nH]c1=O. The molecule has 0 saturated carbocycles. The molecule has 0 saturated heterocycles. The molecule has 2 nitrogen and oxygen atoms in total. The van der Waals surface area contributed by atoms with Gasteiger partial charge < -0.3 is 4.98 Å². The zero-order valence-electron chi connectivity index (χ0n) is 8.55. The predicted octanol–water partition coefficient (Wildman–Crippen LogP) is 3.14. The summed E-state index contributed by atoms with van der Waals surface area (Å²) in [5, 5.41) is 0.452. The summed E-state index contributed by atoms with van der Waals surface area (Å²) in [7, 11) is 0. The summed E-state index contributed by atoms with van der Waals surface area (Å²) in [5.41, 5.74) is 1.68. The van der Waals surface area contributed by atoms with Crippen LogP contribution in [-0.2, 0) is 0 Å². The van der Waals surface area contributed by atoms with Gasteiger partial charge in [-0.25, -0.2) is 4.39 Å². The molecule has 0 amide bonds. The Morgan fingerprint density at radius 3 is 2.75 bits per heavy atom. The van der Waals surface area contributed by atoms with Gasteiger partial charge in [0.05, 0.1) is 0 Å². The maximum atomic E-state index is 13.1. The molecule has 0 aliphatic rings. The van der Waals surface area contributed by atoms with Gasteiger partial charge in [-0.15, -0.1) is 0 Å². The molecule has 1 heterocycles. The number of H-pyrrole nitrogens is 1. The molecule has 16 heavy (non-hydrogen) atoms. The number of pyridine rings is 1. The molecule has 0 bridgehead atoms. The maximum Gasteiger partial charge on any atom is 0.250 e. The summed E-state index contributed by atoms with van der Waals surface area (Å²) in [4.78, 5) is 13.8. The van der Waals surface area contributed by atoms with Crippen molar-refractivity contribution < 1.29 is 4.39 Å². The van der Waals surface area contributed by atoms with E-state index in [4.69, 9.17) is 11.6 Å². The monoisotopic (exact) mass is 237 g/mol. The highest BCUT2D eigenvalue weighted by molar-refractivity contribution is 6.33. The zero-order valence-corrected chi connectivity index (χ0v) is 9.31. The van der Waals surface area contributed by atoms with Crippen LogP contribution < -0.4 is 5.56 Å². The third-order valence-electron chi connectivity index (χ3n) is 2.33. The number of aryl methyl sites for hydroxylation is 1.